The Hall–Kier alpha value is -2.28. The van der Waals surface area contributed by atoms with Gasteiger partial charge in [-0.1, -0.05) is 24.1 Å². The second kappa shape index (κ2) is 6.25. The van der Waals surface area contributed by atoms with E-state index in [0.29, 0.717) is 0 Å². The molecule has 4 heteroatoms. The van der Waals surface area contributed by atoms with Crippen LogP contribution in [-0.4, -0.2) is 23.5 Å². The summed E-state index contributed by atoms with van der Waals surface area (Å²) in [5.41, 5.74) is 0.746. The molecule has 0 heterocycles. The fraction of sp³-hybridized carbons (Fsp3) is 0.167. The Morgan fingerprint density at radius 1 is 1.25 bits per heavy atom. The molecular formula is C12H11NO3. The number of benzene rings is 1. The predicted octanol–water partition coefficient (Wildman–Crippen LogP) is 0.629. The lowest BCUT2D eigenvalue weighted by molar-refractivity contribution is -0.136. The van der Waals surface area contributed by atoms with Crippen LogP contribution in [0.3, 0.4) is 0 Å². The Bertz CT molecular complexity index is 429. The van der Waals surface area contributed by atoms with Crippen molar-refractivity contribution < 1.29 is 14.7 Å². The molecule has 0 aliphatic rings. The van der Waals surface area contributed by atoms with Crippen molar-refractivity contribution >= 4 is 11.9 Å². The van der Waals surface area contributed by atoms with Gasteiger partial charge in [-0.2, -0.15) is 0 Å². The standard InChI is InChI=1S/C12H11NO3/c14-11(13-9-8-12(15)16)7-6-10-4-2-1-3-5-10/h1-5H,8-9H2,(H,13,14)(H,15,16). The van der Waals surface area contributed by atoms with Crippen LogP contribution in [0.5, 0.6) is 0 Å². The molecule has 0 spiro atoms. The molecule has 0 fully saturated rings. The number of nitrogens with one attached hydrogen (secondary N) is 1. The Morgan fingerprint density at radius 3 is 2.56 bits per heavy atom. The predicted molar refractivity (Wildman–Crippen MR) is 58.6 cm³/mol. The molecule has 1 aromatic rings. The monoisotopic (exact) mass is 217 g/mol. The minimum atomic E-state index is -0.948. The van der Waals surface area contributed by atoms with Crippen LogP contribution in [-0.2, 0) is 9.59 Å². The first-order valence-electron chi connectivity index (χ1n) is 4.75. The molecule has 0 unspecified atom stereocenters. The number of carboxylic acids is 1. The second-order valence-electron chi connectivity index (χ2n) is 3.02. The van der Waals surface area contributed by atoms with Crippen molar-refractivity contribution in [2.24, 2.45) is 0 Å². The smallest absolute Gasteiger partial charge is 0.305 e. The van der Waals surface area contributed by atoms with Gasteiger partial charge in [-0.3, -0.25) is 9.59 Å². The van der Waals surface area contributed by atoms with Crippen LogP contribution in [0.4, 0.5) is 0 Å². The summed E-state index contributed by atoms with van der Waals surface area (Å²) >= 11 is 0. The highest BCUT2D eigenvalue weighted by Gasteiger charge is 1.98. The lowest BCUT2D eigenvalue weighted by Crippen LogP contribution is -2.24. The Morgan fingerprint density at radius 2 is 1.94 bits per heavy atom. The highest BCUT2D eigenvalue weighted by Crippen LogP contribution is 1.94. The van der Waals surface area contributed by atoms with Gasteiger partial charge >= 0.3 is 5.97 Å². The van der Waals surface area contributed by atoms with E-state index in [1.807, 2.05) is 18.2 Å². The minimum absolute atomic E-state index is 0.0949. The summed E-state index contributed by atoms with van der Waals surface area (Å²) in [4.78, 5) is 21.3. The van der Waals surface area contributed by atoms with E-state index in [-0.39, 0.29) is 13.0 Å². The van der Waals surface area contributed by atoms with Crippen LogP contribution in [0.25, 0.3) is 0 Å². The lowest BCUT2D eigenvalue weighted by atomic mass is 10.2. The number of carbonyl (C=O) groups excluding carboxylic acids is 1. The van der Waals surface area contributed by atoms with Gasteiger partial charge < -0.3 is 10.4 Å². The maximum Gasteiger partial charge on any atom is 0.305 e. The van der Waals surface area contributed by atoms with E-state index >= 15 is 0 Å². The SMILES string of the molecule is O=C(O)CCNC(=O)C#Cc1ccccc1. The van der Waals surface area contributed by atoms with Gasteiger partial charge in [0, 0.05) is 18.0 Å². The van der Waals surface area contributed by atoms with Gasteiger partial charge in [0.2, 0.25) is 0 Å². The van der Waals surface area contributed by atoms with Gasteiger partial charge in [-0.25, -0.2) is 0 Å². The lowest BCUT2D eigenvalue weighted by Gasteiger charge is -1.95. The summed E-state index contributed by atoms with van der Waals surface area (Å²) in [6.45, 7) is 0.0949. The first-order chi connectivity index (χ1) is 7.68. The zero-order chi connectivity index (χ0) is 11.8. The molecule has 1 amide bonds. The molecule has 0 atom stereocenters. The number of amides is 1. The zero-order valence-electron chi connectivity index (χ0n) is 8.56. The highest BCUT2D eigenvalue weighted by atomic mass is 16.4. The minimum Gasteiger partial charge on any atom is -0.481 e. The number of rotatable bonds is 3. The summed E-state index contributed by atoms with van der Waals surface area (Å²) in [5, 5.41) is 10.7. The van der Waals surface area contributed by atoms with E-state index in [9.17, 15) is 9.59 Å². The average Bonchev–Trinajstić information content (AvgIpc) is 2.27. The number of hydrogen-bond donors (Lipinski definition) is 2. The molecule has 1 rings (SSSR count). The van der Waals surface area contributed by atoms with Crippen molar-refractivity contribution in [3.8, 4) is 11.8 Å². The van der Waals surface area contributed by atoms with Gasteiger partial charge in [0.25, 0.3) is 5.91 Å². The number of carboxylic acid groups (broad SMARTS) is 1. The molecule has 0 saturated carbocycles. The van der Waals surface area contributed by atoms with E-state index < -0.39 is 11.9 Å². The molecule has 2 N–H and O–H groups in total. The second-order valence-corrected chi connectivity index (χ2v) is 3.02. The highest BCUT2D eigenvalue weighted by molar-refractivity contribution is 5.94. The molecule has 0 saturated heterocycles. The maximum absolute atomic E-state index is 11.1. The molecule has 0 aliphatic heterocycles. The topological polar surface area (TPSA) is 66.4 Å². The van der Waals surface area contributed by atoms with Crippen molar-refractivity contribution in [1.29, 1.82) is 0 Å². The fourth-order valence-corrected chi connectivity index (χ4v) is 0.978. The Labute approximate surface area is 93.3 Å². The van der Waals surface area contributed by atoms with Gasteiger partial charge in [-0.15, -0.1) is 0 Å². The largest absolute Gasteiger partial charge is 0.481 e. The summed E-state index contributed by atoms with van der Waals surface area (Å²) in [5.74, 6) is 3.64. The molecule has 0 aliphatic carbocycles. The molecule has 82 valence electrons. The third-order valence-electron chi connectivity index (χ3n) is 1.72. The summed E-state index contributed by atoms with van der Waals surface area (Å²) in [7, 11) is 0. The molecule has 16 heavy (non-hydrogen) atoms. The number of carbonyl (C=O) groups is 2. The van der Waals surface area contributed by atoms with Crippen LogP contribution in [0, 0.1) is 11.8 Å². The fourth-order valence-electron chi connectivity index (χ4n) is 0.978. The molecule has 1 aromatic carbocycles. The third-order valence-corrected chi connectivity index (χ3v) is 1.72. The molecule has 0 bridgehead atoms. The van der Waals surface area contributed by atoms with E-state index in [1.54, 1.807) is 12.1 Å². The van der Waals surface area contributed by atoms with Crippen LogP contribution >= 0.6 is 0 Å². The maximum atomic E-state index is 11.1. The molecule has 0 aromatic heterocycles. The van der Waals surface area contributed by atoms with Crippen molar-refractivity contribution in [2.75, 3.05) is 6.54 Å². The van der Waals surface area contributed by atoms with E-state index in [1.165, 1.54) is 0 Å². The molecular weight excluding hydrogens is 206 g/mol. The number of aliphatic carboxylic acids is 1. The Kier molecular flexibility index (Phi) is 4.61. The summed E-state index contributed by atoms with van der Waals surface area (Å²) < 4.78 is 0. The summed E-state index contributed by atoms with van der Waals surface area (Å²) in [6, 6.07) is 9.09. The van der Waals surface area contributed by atoms with Gasteiger partial charge in [0.1, 0.15) is 0 Å². The average molecular weight is 217 g/mol. The van der Waals surface area contributed by atoms with E-state index in [0.717, 1.165) is 5.56 Å². The van der Waals surface area contributed by atoms with Crippen molar-refractivity contribution in [1.82, 2.24) is 5.32 Å². The normalized spacial score (nSPS) is 8.75. The van der Waals surface area contributed by atoms with Crippen molar-refractivity contribution in [3.63, 3.8) is 0 Å². The Balaban J connectivity index is 2.40. The van der Waals surface area contributed by atoms with Crippen LogP contribution in [0.1, 0.15) is 12.0 Å². The van der Waals surface area contributed by atoms with Crippen LogP contribution in [0.15, 0.2) is 30.3 Å². The molecule has 4 nitrogen and oxygen atoms in total. The first kappa shape index (κ1) is 11.8. The van der Waals surface area contributed by atoms with Gasteiger partial charge in [0.05, 0.1) is 6.42 Å². The third kappa shape index (κ3) is 4.82. The van der Waals surface area contributed by atoms with Gasteiger partial charge in [-0.05, 0) is 12.1 Å². The van der Waals surface area contributed by atoms with Crippen molar-refractivity contribution in [2.45, 2.75) is 6.42 Å². The van der Waals surface area contributed by atoms with E-state index in [4.69, 9.17) is 5.11 Å². The number of hydrogen-bond acceptors (Lipinski definition) is 2. The van der Waals surface area contributed by atoms with E-state index in [2.05, 4.69) is 17.2 Å². The van der Waals surface area contributed by atoms with Crippen molar-refractivity contribution in [3.05, 3.63) is 35.9 Å². The quantitative estimate of drug-likeness (QED) is 0.730. The first-order valence-corrected chi connectivity index (χ1v) is 4.75. The summed E-state index contributed by atoms with van der Waals surface area (Å²) in [6.07, 6.45) is -0.0985. The van der Waals surface area contributed by atoms with Crippen LogP contribution < -0.4 is 5.32 Å². The molecule has 0 radical (unpaired) electrons. The van der Waals surface area contributed by atoms with Gasteiger partial charge in [0.15, 0.2) is 0 Å². The zero-order valence-corrected chi connectivity index (χ0v) is 8.56. The van der Waals surface area contributed by atoms with Crippen LogP contribution in [0.2, 0.25) is 0 Å².